The maximum Gasteiger partial charge on any atom is 0.449 e. The lowest BCUT2D eigenvalue weighted by Gasteiger charge is -2.05. The summed E-state index contributed by atoms with van der Waals surface area (Å²) in [5.74, 6) is -3.01. The van der Waals surface area contributed by atoms with Gasteiger partial charge in [-0.1, -0.05) is 93.4 Å². The molecule has 0 fully saturated rings. The molecule has 2 aromatic heterocycles. The van der Waals surface area contributed by atoms with Gasteiger partial charge in [0.2, 0.25) is 5.76 Å². The van der Waals surface area contributed by atoms with Crippen LogP contribution < -0.4 is 5.73 Å². The summed E-state index contributed by atoms with van der Waals surface area (Å²) in [6.07, 6.45) is -1.74. The normalized spacial score (nSPS) is 10.6. The Balaban J connectivity index is 0.000000342. The molecule has 0 aliphatic rings. The summed E-state index contributed by atoms with van der Waals surface area (Å²) in [4.78, 5) is 25.6. The van der Waals surface area contributed by atoms with Crippen LogP contribution in [-0.4, -0.2) is 43.3 Å². The van der Waals surface area contributed by atoms with E-state index in [4.69, 9.17) is 22.4 Å². The fourth-order valence-electron chi connectivity index (χ4n) is 3.81. The van der Waals surface area contributed by atoms with Crippen molar-refractivity contribution in [2.24, 2.45) is 5.73 Å². The highest BCUT2D eigenvalue weighted by atomic mass is 79.9. The van der Waals surface area contributed by atoms with E-state index in [-0.39, 0.29) is 18.1 Å². The minimum atomic E-state index is -4.37. The van der Waals surface area contributed by atoms with E-state index in [2.05, 4.69) is 61.9 Å². The van der Waals surface area contributed by atoms with Crippen molar-refractivity contribution in [3.63, 3.8) is 0 Å². The van der Waals surface area contributed by atoms with Crippen molar-refractivity contribution in [2.75, 3.05) is 12.9 Å². The van der Waals surface area contributed by atoms with Crippen molar-refractivity contribution in [2.45, 2.75) is 37.3 Å². The number of sulfone groups is 1. The number of aryl methyl sites for hydroxylation is 1. The number of carboxylic acid groups (broad SMARTS) is 1. The molecule has 0 aliphatic carbocycles. The van der Waals surface area contributed by atoms with Gasteiger partial charge in [0, 0.05) is 32.9 Å². The predicted molar refractivity (Wildman–Crippen MR) is 202 cm³/mol. The number of nitrogens with two attached hydrogens (primary N) is 1. The molecule has 3 aromatic carbocycles. The summed E-state index contributed by atoms with van der Waals surface area (Å²) in [5, 5.41) is 11.9. The average Bonchev–Trinajstić information content (AvgIpc) is 3.56. The van der Waals surface area contributed by atoms with Crippen LogP contribution in [0, 0.1) is 6.92 Å². The molecule has 5 aromatic rings. The Hall–Kier alpha value is -3.28. The smallest absolute Gasteiger partial charge is 0.449 e. The zero-order valence-corrected chi connectivity index (χ0v) is 32.5. The van der Waals surface area contributed by atoms with Crippen LogP contribution in [0.2, 0.25) is 5.02 Å². The first-order valence-electron chi connectivity index (χ1n) is 13.9. The Morgan fingerprint density at radius 3 is 2.18 bits per heavy atom. The van der Waals surface area contributed by atoms with Gasteiger partial charge in [0.15, 0.2) is 15.6 Å². The summed E-state index contributed by atoms with van der Waals surface area (Å²) >= 11 is 15.2. The minimum absolute atomic E-state index is 0. The van der Waals surface area contributed by atoms with Crippen LogP contribution in [0.25, 0.3) is 10.8 Å². The number of methoxy groups -OCH3 is 1. The maximum atomic E-state index is 11.8. The van der Waals surface area contributed by atoms with E-state index >= 15 is 0 Å². The second-order valence-electron chi connectivity index (χ2n) is 9.80. The molecule has 0 saturated carbocycles. The number of rotatable bonds is 6. The van der Waals surface area contributed by atoms with Crippen molar-refractivity contribution < 1.29 is 45.4 Å². The first-order chi connectivity index (χ1) is 23.4. The number of pyridine rings is 1. The number of furan rings is 1. The second-order valence-corrected chi connectivity index (χ2v) is 14.6. The van der Waals surface area contributed by atoms with Crippen molar-refractivity contribution in [1.29, 1.82) is 0 Å². The Kier molecular flexibility index (Phi) is 19.1. The van der Waals surface area contributed by atoms with Gasteiger partial charge in [0.05, 0.1) is 22.9 Å². The van der Waals surface area contributed by atoms with Gasteiger partial charge in [-0.25, -0.2) is 13.2 Å². The molecule has 0 atom stereocenters. The molecule has 2 heterocycles. The molecule has 0 unspecified atom stereocenters. The molecule has 276 valence electrons. The zero-order valence-electron chi connectivity index (χ0n) is 26.2. The third-order valence-electron chi connectivity index (χ3n) is 6.23. The molecule has 0 spiro atoms. The Morgan fingerprint density at radius 2 is 1.67 bits per heavy atom. The van der Waals surface area contributed by atoms with Crippen molar-refractivity contribution in [3.05, 3.63) is 127 Å². The number of hydrogen-bond acceptors (Lipinski definition) is 8. The number of nitrogens with zero attached hydrogens (tertiary/aromatic N) is 1. The monoisotopic (exact) mass is 942 g/mol. The number of hydrogen-bond donors (Lipinski definition) is 2. The van der Waals surface area contributed by atoms with E-state index in [9.17, 15) is 31.2 Å². The molecule has 9 nitrogen and oxygen atoms in total. The van der Waals surface area contributed by atoms with Crippen molar-refractivity contribution in [3.8, 4) is 0 Å². The molecule has 17 heteroatoms. The third kappa shape index (κ3) is 14.7. The highest BCUT2D eigenvalue weighted by Gasteiger charge is 2.34. The van der Waals surface area contributed by atoms with Crippen LogP contribution in [-0.2, 0) is 37.4 Å². The number of carbonyl (C=O) groups is 2. The number of fused-ring (bicyclic) bond motifs is 1. The number of carboxylic acids is 1. The van der Waals surface area contributed by atoms with Gasteiger partial charge < -0.3 is 20.0 Å². The van der Waals surface area contributed by atoms with E-state index in [1.807, 2.05) is 61.5 Å². The summed E-state index contributed by atoms with van der Waals surface area (Å²) in [6, 6.07) is 20.6. The number of esters is 1. The van der Waals surface area contributed by atoms with Crippen LogP contribution in [0.1, 0.15) is 40.4 Å². The summed E-state index contributed by atoms with van der Waals surface area (Å²) < 4.78 is 68.9. The molecule has 3 N–H and O–H groups in total. The fraction of sp³-hybridized carbons (Fsp3) is 0.206. The van der Waals surface area contributed by atoms with Gasteiger partial charge in [0.25, 0.3) is 0 Å². The van der Waals surface area contributed by atoms with Crippen LogP contribution in [0.15, 0.2) is 103 Å². The molecule has 51 heavy (non-hydrogen) atoms. The molecule has 0 saturated heterocycles. The Labute approximate surface area is 323 Å². The topological polar surface area (TPSA) is 150 Å². The van der Waals surface area contributed by atoms with E-state index in [1.54, 1.807) is 0 Å². The number of alkyl halides is 4. The molecular formula is C34H33Br3ClF3N2O7S. The van der Waals surface area contributed by atoms with Gasteiger partial charge in [-0.2, -0.15) is 13.2 Å². The first kappa shape index (κ1) is 45.7. The average molecular weight is 946 g/mol. The number of carbonyl (C=O) groups excluding carboxylic acids is 1. The second kappa shape index (κ2) is 21.3. The molecule has 5 rings (SSSR count). The van der Waals surface area contributed by atoms with Crippen molar-refractivity contribution in [1.82, 2.24) is 4.98 Å². The Bertz CT molecular complexity index is 2030. The highest BCUT2D eigenvalue weighted by Crippen LogP contribution is 2.31. The number of benzene rings is 3. The number of ether oxygens (including phenoxy) is 1. The largest absolute Gasteiger partial charge is 0.478 e. The summed E-state index contributed by atoms with van der Waals surface area (Å²) in [7, 11) is -2.53. The first-order valence-corrected chi connectivity index (χ1v) is 18.6. The molecule has 0 amide bonds. The molecule has 0 aliphatic heterocycles. The van der Waals surface area contributed by atoms with Crippen LogP contribution in [0.3, 0.4) is 0 Å². The molecule has 0 radical (unpaired) electrons. The van der Waals surface area contributed by atoms with Gasteiger partial charge >= 0.3 is 18.1 Å². The third-order valence-corrected chi connectivity index (χ3v) is 9.62. The minimum Gasteiger partial charge on any atom is -0.478 e. The van der Waals surface area contributed by atoms with Crippen LogP contribution in [0.5, 0.6) is 0 Å². The SMILES string of the molecule is C.COC(=O)CS(=O)(=O)c1cncc(Br)c1.Cc1ccc2ccccc2c1C(=O)O.FC(F)(F)c1ccc(CBr)o1.NCc1ccc(Br)cc1Cl. The van der Waals surface area contributed by atoms with Gasteiger partial charge in [-0.15, -0.1) is 0 Å². The van der Waals surface area contributed by atoms with E-state index in [1.165, 1.54) is 24.5 Å². The van der Waals surface area contributed by atoms with Gasteiger partial charge in [-0.3, -0.25) is 9.78 Å². The van der Waals surface area contributed by atoms with E-state index < -0.39 is 39.5 Å². The standard InChI is InChI=1S/C12H10O2.C8H8BrNO4S.C7H7BrClN.C6H4BrF3O.CH4/c1-8-6-7-9-4-2-3-5-10(9)11(8)12(13)14;1-14-8(11)5-15(12,13)7-2-6(9)3-10-4-7;8-6-2-1-5(4-10)7(9)3-6;7-3-4-1-2-5(11-4)6(8,9)10;/h2-7H,1H3,(H,13,14);2-4H,5H2,1H3;1-3H,4,10H2;1-2H,3H2;1H4. The molecular weight excluding hydrogens is 913 g/mol. The summed E-state index contributed by atoms with van der Waals surface area (Å²) in [6.45, 7) is 2.31. The van der Waals surface area contributed by atoms with Crippen LogP contribution >= 0.6 is 59.4 Å². The van der Waals surface area contributed by atoms with E-state index in [0.717, 1.165) is 44.6 Å². The lowest BCUT2D eigenvalue weighted by atomic mass is 10.00. The molecule has 0 bridgehead atoms. The van der Waals surface area contributed by atoms with Gasteiger partial charge in [0.1, 0.15) is 5.76 Å². The van der Waals surface area contributed by atoms with Crippen LogP contribution in [0.4, 0.5) is 13.2 Å². The lowest BCUT2D eigenvalue weighted by Crippen LogP contribution is -2.17. The zero-order chi connectivity index (χ0) is 37.6. The fourth-order valence-corrected chi connectivity index (χ4v) is 6.50. The predicted octanol–water partition coefficient (Wildman–Crippen LogP) is 10.0. The number of halogens is 7. The quantitative estimate of drug-likeness (QED) is 0.125. The Morgan fingerprint density at radius 1 is 1.00 bits per heavy atom. The van der Waals surface area contributed by atoms with E-state index in [0.29, 0.717) is 21.9 Å². The number of aromatic carboxylic acids is 1. The number of aromatic nitrogens is 1. The van der Waals surface area contributed by atoms with Gasteiger partial charge in [-0.05, 0) is 75.1 Å². The van der Waals surface area contributed by atoms with Crippen molar-refractivity contribution >= 4 is 91.9 Å². The summed E-state index contributed by atoms with van der Waals surface area (Å²) in [5.41, 5.74) is 7.59. The highest BCUT2D eigenvalue weighted by molar-refractivity contribution is 9.10. The maximum absolute atomic E-state index is 11.8. The lowest BCUT2D eigenvalue weighted by molar-refractivity contribution is -0.153.